The Hall–Kier alpha value is -1.03. The van der Waals surface area contributed by atoms with E-state index in [1.54, 1.807) is 8.61 Å². The molecule has 4 rings (SSSR count). The van der Waals surface area contributed by atoms with Crippen LogP contribution >= 0.6 is 0 Å². The average molecular weight is 369 g/mol. The maximum atomic E-state index is 12.6. The third-order valence-corrected chi connectivity index (χ3v) is 7.69. The zero-order chi connectivity index (χ0) is 17.3. The number of likely N-dealkylation sites (tertiary alicyclic amines) is 1. The van der Waals surface area contributed by atoms with Crippen LogP contribution in [0.2, 0.25) is 0 Å². The Balaban J connectivity index is 1.33. The van der Waals surface area contributed by atoms with E-state index in [2.05, 4.69) is 15.2 Å². The van der Waals surface area contributed by atoms with Gasteiger partial charge in [-0.3, -0.25) is 4.90 Å². The summed E-state index contributed by atoms with van der Waals surface area (Å²) in [4.78, 5) is 2.42. The van der Waals surface area contributed by atoms with Crippen molar-refractivity contribution in [1.29, 1.82) is 0 Å². The summed E-state index contributed by atoms with van der Waals surface area (Å²) in [6, 6.07) is 0.254. The lowest BCUT2D eigenvalue weighted by molar-refractivity contribution is 0.246. The first-order valence-corrected chi connectivity index (χ1v) is 10.9. The molecule has 0 radical (unpaired) electrons. The highest BCUT2D eigenvalue weighted by molar-refractivity contribution is 7.86. The Morgan fingerprint density at radius 2 is 1.52 bits per heavy atom. The molecule has 1 aromatic heterocycles. The Labute approximate surface area is 149 Å². The van der Waals surface area contributed by atoms with Crippen LogP contribution in [0, 0.1) is 0 Å². The molecule has 8 nitrogen and oxygen atoms in total. The topological polar surface area (TPSA) is 74.6 Å². The van der Waals surface area contributed by atoms with Crippen molar-refractivity contribution >= 4 is 10.2 Å². The lowest BCUT2D eigenvalue weighted by atomic mass is 10.1. The van der Waals surface area contributed by atoms with E-state index in [-0.39, 0.29) is 6.04 Å². The van der Waals surface area contributed by atoms with Gasteiger partial charge in [0.05, 0.1) is 17.9 Å². The summed E-state index contributed by atoms with van der Waals surface area (Å²) in [5, 5.41) is 8.63. The van der Waals surface area contributed by atoms with E-state index in [0.29, 0.717) is 26.2 Å². The van der Waals surface area contributed by atoms with E-state index >= 15 is 0 Å². The summed E-state index contributed by atoms with van der Waals surface area (Å²) in [6.07, 6.45) is 8.17. The van der Waals surface area contributed by atoms with E-state index in [1.165, 1.54) is 12.8 Å². The fourth-order valence-electron chi connectivity index (χ4n) is 4.15. The van der Waals surface area contributed by atoms with Gasteiger partial charge in [0.1, 0.15) is 0 Å². The standard InChI is InChI=1S/C16H28N6O2S/c23-25(24,20-9-3-4-10-20)21-11-5-16(6-12-21)22-14-15(17-18-22)13-19-7-1-2-8-19/h14,16H,1-13H2. The molecule has 140 valence electrons. The molecule has 0 spiro atoms. The van der Waals surface area contributed by atoms with Crippen molar-refractivity contribution in [2.45, 2.75) is 51.1 Å². The van der Waals surface area contributed by atoms with Gasteiger partial charge >= 0.3 is 0 Å². The third kappa shape index (κ3) is 3.74. The van der Waals surface area contributed by atoms with Crippen LogP contribution in [-0.4, -0.2) is 76.2 Å². The monoisotopic (exact) mass is 368 g/mol. The smallest absolute Gasteiger partial charge is 0.281 e. The minimum atomic E-state index is -3.26. The van der Waals surface area contributed by atoms with Crippen LogP contribution in [-0.2, 0) is 16.8 Å². The third-order valence-electron chi connectivity index (χ3n) is 5.66. The van der Waals surface area contributed by atoms with Crippen LogP contribution in [0.25, 0.3) is 0 Å². The van der Waals surface area contributed by atoms with Crippen LogP contribution in [0.4, 0.5) is 0 Å². The first-order chi connectivity index (χ1) is 12.1. The molecule has 0 aliphatic carbocycles. The molecule has 25 heavy (non-hydrogen) atoms. The fourth-order valence-corrected chi connectivity index (χ4v) is 5.87. The second-order valence-electron chi connectivity index (χ2n) is 7.42. The predicted molar refractivity (Wildman–Crippen MR) is 94.1 cm³/mol. The van der Waals surface area contributed by atoms with Crippen molar-refractivity contribution in [2.24, 2.45) is 0 Å². The molecule has 0 saturated carbocycles. The van der Waals surface area contributed by atoms with Crippen molar-refractivity contribution in [3.8, 4) is 0 Å². The minimum absolute atomic E-state index is 0.254. The zero-order valence-electron chi connectivity index (χ0n) is 14.8. The first-order valence-electron chi connectivity index (χ1n) is 9.51. The summed E-state index contributed by atoms with van der Waals surface area (Å²) < 4.78 is 30.5. The lowest BCUT2D eigenvalue weighted by Gasteiger charge is -2.33. The van der Waals surface area contributed by atoms with Crippen LogP contribution in [0.5, 0.6) is 0 Å². The molecule has 0 atom stereocenters. The van der Waals surface area contributed by atoms with Gasteiger partial charge in [0.25, 0.3) is 10.2 Å². The molecule has 9 heteroatoms. The van der Waals surface area contributed by atoms with Gasteiger partial charge in [0, 0.05) is 32.7 Å². The molecule has 3 saturated heterocycles. The maximum Gasteiger partial charge on any atom is 0.281 e. The summed E-state index contributed by atoms with van der Waals surface area (Å²) in [5.74, 6) is 0. The van der Waals surface area contributed by atoms with Crippen LogP contribution in [0.1, 0.15) is 50.3 Å². The maximum absolute atomic E-state index is 12.6. The average Bonchev–Trinajstić information content (AvgIpc) is 3.38. The van der Waals surface area contributed by atoms with E-state index in [1.807, 2.05) is 10.9 Å². The summed E-state index contributed by atoms with van der Waals surface area (Å²) in [5.41, 5.74) is 1.02. The largest absolute Gasteiger partial charge is 0.297 e. The SMILES string of the molecule is O=S(=O)(N1CCCC1)N1CCC(n2cc(CN3CCCC3)nn2)CC1. The van der Waals surface area contributed by atoms with E-state index in [4.69, 9.17) is 0 Å². The van der Waals surface area contributed by atoms with Crippen molar-refractivity contribution in [3.63, 3.8) is 0 Å². The quantitative estimate of drug-likeness (QED) is 0.770. The Bertz CT molecular complexity index is 671. The van der Waals surface area contributed by atoms with Crippen molar-refractivity contribution in [1.82, 2.24) is 28.5 Å². The normalized spacial score (nSPS) is 25.1. The molecule has 0 unspecified atom stereocenters. The van der Waals surface area contributed by atoms with Crippen molar-refractivity contribution in [3.05, 3.63) is 11.9 Å². The number of aromatic nitrogens is 3. The molecule has 3 aliphatic rings. The molecule has 1 aromatic rings. The van der Waals surface area contributed by atoms with E-state index in [9.17, 15) is 8.42 Å². The number of hydrogen-bond acceptors (Lipinski definition) is 5. The van der Waals surface area contributed by atoms with Gasteiger partial charge in [-0.05, 0) is 51.6 Å². The zero-order valence-corrected chi connectivity index (χ0v) is 15.6. The molecule has 0 amide bonds. The highest BCUT2D eigenvalue weighted by atomic mass is 32.2. The van der Waals surface area contributed by atoms with Gasteiger partial charge in [0.2, 0.25) is 0 Å². The molecule has 0 N–H and O–H groups in total. The van der Waals surface area contributed by atoms with E-state index < -0.39 is 10.2 Å². The molecule has 0 bridgehead atoms. The molecular formula is C16H28N6O2S. The van der Waals surface area contributed by atoms with Gasteiger partial charge in [0.15, 0.2) is 0 Å². The number of piperidine rings is 1. The number of nitrogens with zero attached hydrogens (tertiary/aromatic N) is 6. The first kappa shape index (κ1) is 17.4. The fraction of sp³-hybridized carbons (Fsp3) is 0.875. The van der Waals surface area contributed by atoms with Gasteiger partial charge in [-0.15, -0.1) is 5.10 Å². The lowest BCUT2D eigenvalue weighted by Crippen LogP contribution is -2.46. The van der Waals surface area contributed by atoms with Crippen molar-refractivity contribution in [2.75, 3.05) is 39.3 Å². The summed E-state index contributed by atoms with van der Waals surface area (Å²) >= 11 is 0. The second-order valence-corrected chi connectivity index (χ2v) is 9.35. The Morgan fingerprint density at radius 1 is 0.920 bits per heavy atom. The van der Waals surface area contributed by atoms with Crippen molar-refractivity contribution < 1.29 is 8.42 Å². The highest BCUT2D eigenvalue weighted by Gasteiger charge is 2.34. The molecule has 4 heterocycles. The van der Waals surface area contributed by atoms with Gasteiger partial charge < -0.3 is 0 Å². The summed E-state index contributed by atoms with van der Waals surface area (Å²) in [7, 11) is -3.26. The molecular weight excluding hydrogens is 340 g/mol. The second kappa shape index (κ2) is 7.30. The predicted octanol–water partition coefficient (Wildman–Crippen LogP) is 0.851. The molecule has 0 aromatic carbocycles. The van der Waals surface area contributed by atoms with Gasteiger partial charge in [-0.1, -0.05) is 5.21 Å². The Morgan fingerprint density at radius 3 is 2.20 bits per heavy atom. The van der Waals surface area contributed by atoms with Gasteiger partial charge in [-0.2, -0.15) is 17.0 Å². The number of rotatable bonds is 5. The van der Waals surface area contributed by atoms with E-state index in [0.717, 1.165) is 51.0 Å². The molecule has 3 aliphatic heterocycles. The highest BCUT2D eigenvalue weighted by Crippen LogP contribution is 2.26. The van der Waals surface area contributed by atoms with Crippen LogP contribution in [0.3, 0.4) is 0 Å². The number of hydrogen-bond donors (Lipinski definition) is 0. The van der Waals surface area contributed by atoms with Crippen LogP contribution < -0.4 is 0 Å². The Kier molecular flexibility index (Phi) is 5.08. The molecule has 3 fully saturated rings. The minimum Gasteiger partial charge on any atom is -0.297 e. The van der Waals surface area contributed by atoms with Gasteiger partial charge in [-0.25, -0.2) is 4.68 Å². The summed E-state index contributed by atoms with van der Waals surface area (Å²) in [6.45, 7) is 5.67. The van der Waals surface area contributed by atoms with Crippen LogP contribution in [0.15, 0.2) is 6.20 Å².